The van der Waals surface area contributed by atoms with Gasteiger partial charge in [0.25, 0.3) is 0 Å². The molecule has 0 aliphatic rings. The predicted octanol–water partition coefficient (Wildman–Crippen LogP) is 7.35. The Labute approximate surface area is 255 Å². The lowest BCUT2D eigenvalue weighted by Gasteiger charge is -2.28. The summed E-state index contributed by atoms with van der Waals surface area (Å²) in [7, 11) is 1.47. The number of halogens is 6. The topological polar surface area (TPSA) is 77.7 Å². The third kappa shape index (κ3) is 9.24. The molecule has 0 radical (unpaired) electrons. The van der Waals surface area contributed by atoms with Crippen molar-refractivity contribution in [2.24, 2.45) is 0 Å². The van der Waals surface area contributed by atoms with Gasteiger partial charge in [0, 0.05) is 56.1 Å². The molecule has 4 rings (SSSR count). The number of methoxy groups -OCH3 is 1. The third-order valence-corrected chi connectivity index (χ3v) is 7.16. The van der Waals surface area contributed by atoms with Crippen LogP contribution in [0.3, 0.4) is 0 Å². The Kier molecular flexibility index (Phi) is 10.8. The average Bonchev–Trinajstić information content (AvgIpc) is 3.41. The maximum Gasteiger partial charge on any atom is 0.416 e. The molecule has 0 aliphatic carbocycles. The summed E-state index contributed by atoms with van der Waals surface area (Å²) >= 11 is 0. The van der Waals surface area contributed by atoms with Crippen molar-refractivity contribution in [2.45, 2.75) is 31.7 Å². The number of nitrogens with zero attached hydrogens (tertiary/aromatic N) is 2. The maximum absolute atomic E-state index is 13.7. The molecule has 1 aromatic heterocycles. The van der Waals surface area contributed by atoms with Gasteiger partial charge in [0.2, 0.25) is 5.91 Å². The summed E-state index contributed by atoms with van der Waals surface area (Å²) < 4.78 is 84.0. The summed E-state index contributed by atoms with van der Waals surface area (Å²) in [5.41, 5.74) is 0.425. The summed E-state index contributed by atoms with van der Waals surface area (Å²) in [6, 6.07) is 15.4. The zero-order valence-electron chi connectivity index (χ0n) is 24.3. The Morgan fingerprint density at radius 2 is 1.56 bits per heavy atom. The third-order valence-electron chi connectivity index (χ3n) is 7.16. The number of aromatic nitrogens is 1. The Bertz CT molecular complexity index is 1580. The average molecular weight is 635 g/mol. The van der Waals surface area contributed by atoms with Crippen molar-refractivity contribution in [3.8, 4) is 0 Å². The molecule has 0 bridgehead atoms. The largest absolute Gasteiger partial charge is 0.416 e. The number of nitrogens with one attached hydrogen (secondary N) is 2. The zero-order chi connectivity index (χ0) is 32.6. The number of urea groups is 1. The van der Waals surface area contributed by atoms with Crippen LogP contribution in [0.5, 0.6) is 0 Å². The second-order valence-corrected chi connectivity index (χ2v) is 10.4. The van der Waals surface area contributed by atoms with Gasteiger partial charge in [0.05, 0.1) is 11.1 Å². The molecule has 0 spiro atoms. The molecule has 0 aliphatic heterocycles. The van der Waals surface area contributed by atoms with Crippen LogP contribution in [-0.2, 0) is 34.8 Å². The van der Waals surface area contributed by atoms with Gasteiger partial charge < -0.3 is 24.8 Å². The van der Waals surface area contributed by atoms with E-state index in [1.807, 2.05) is 30.5 Å². The van der Waals surface area contributed by atoms with Crippen molar-refractivity contribution < 1.29 is 40.7 Å². The van der Waals surface area contributed by atoms with Crippen LogP contribution in [0.1, 0.15) is 28.7 Å². The maximum atomic E-state index is 13.7. The number of fused-ring (bicyclic) bond motifs is 1. The molecule has 0 saturated carbocycles. The number of hydrogen-bond acceptors (Lipinski definition) is 3. The van der Waals surface area contributed by atoms with Gasteiger partial charge in [0.15, 0.2) is 0 Å². The first-order valence-corrected chi connectivity index (χ1v) is 14.1. The highest BCUT2D eigenvalue weighted by atomic mass is 19.4. The van der Waals surface area contributed by atoms with Crippen molar-refractivity contribution in [3.63, 3.8) is 0 Å². The van der Waals surface area contributed by atoms with E-state index in [-0.39, 0.29) is 31.9 Å². The van der Waals surface area contributed by atoms with E-state index < -0.39 is 42.0 Å². The quantitative estimate of drug-likeness (QED) is 0.126. The van der Waals surface area contributed by atoms with Gasteiger partial charge in [-0.05, 0) is 60.4 Å². The number of hydrogen-bond donors (Lipinski definition) is 2. The molecular weight excluding hydrogens is 602 g/mol. The van der Waals surface area contributed by atoms with Gasteiger partial charge in [-0.3, -0.25) is 4.79 Å². The highest BCUT2D eigenvalue weighted by Crippen LogP contribution is 2.31. The SMILES string of the molecule is COCCCN(CC(=O)N(CCc1c[nH]c2ccccc12)Cc1ccc(C(F)(F)F)cc1)C(=O)Nc1cccc(C(F)(F)F)c1. The standard InChI is InChI=1S/C32H32F6N4O3/c1-45-17-5-15-42(30(44)40-26-7-4-6-25(18-26)32(36,37)38)21-29(43)41(20-22-10-12-24(13-11-22)31(33,34)35)16-14-23-19-39-28-9-3-2-8-27(23)28/h2-4,6-13,18-19,39H,5,14-17,20-21H2,1H3,(H,40,44). The van der Waals surface area contributed by atoms with E-state index in [2.05, 4.69) is 10.3 Å². The molecule has 3 aromatic carbocycles. The molecule has 240 valence electrons. The number of alkyl halides is 6. The lowest BCUT2D eigenvalue weighted by molar-refractivity contribution is -0.138. The summed E-state index contributed by atoms with van der Waals surface area (Å²) in [4.78, 5) is 32.7. The fourth-order valence-corrected chi connectivity index (χ4v) is 4.80. The smallest absolute Gasteiger partial charge is 0.385 e. The predicted molar refractivity (Wildman–Crippen MR) is 157 cm³/mol. The van der Waals surface area contributed by atoms with Crippen LogP contribution in [0, 0.1) is 0 Å². The molecule has 1 heterocycles. The number of rotatable bonds is 12. The van der Waals surface area contributed by atoms with Crippen LogP contribution in [0.15, 0.2) is 79.0 Å². The first-order valence-electron chi connectivity index (χ1n) is 14.1. The molecule has 0 unspecified atom stereocenters. The van der Waals surface area contributed by atoms with Crippen molar-refractivity contribution >= 4 is 28.5 Å². The molecule has 45 heavy (non-hydrogen) atoms. The van der Waals surface area contributed by atoms with Crippen LogP contribution in [0.2, 0.25) is 0 Å². The highest BCUT2D eigenvalue weighted by Gasteiger charge is 2.31. The Balaban J connectivity index is 1.55. The molecular formula is C32H32F6N4O3. The monoisotopic (exact) mass is 634 g/mol. The van der Waals surface area contributed by atoms with E-state index in [0.29, 0.717) is 18.4 Å². The normalized spacial score (nSPS) is 11.9. The van der Waals surface area contributed by atoms with Gasteiger partial charge >= 0.3 is 18.4 Å². The van der Waals surface area contributed by atoms with Crippen LogP contribution in [0.4, 0.5) is 36.8 Å². The van der Waals surface area contributed by atoms with E-state index in [4.69, 9.17) is 4.74 Å². The lowest BCUT2D eigenvalue weighted by atomic mass is 10.1. The van der Waals surface area contributed by atoms with E-state index in [1.54, 1.807) is 0 Å². The number of ether oxygens (including phenoxy) is 1. The number of anilines is 1. The minimum Gasteiger partial charge on any atom is -0.385 e. The fourth-order valence-electron chi connectivity index (χ4n) is 4.80. The van der Waals surface area contributed by atoms with Gasteiger partial charge in [-0.2, -0.15) is 26.3 Å². The van der Waals surface area contributed by atoms with Crippen LogP contribution in [0.25, 0.3) is 10.9 Å². The lowest BCUT2D eigenvalue weighted by Crippen LogP contribution is -2.45. The molecule has 7 nitrogen and oxygen atoms in total. The second kappa shape index (κ2) is 14.5. The van der Waals surface area contributed by atoms with E-state index in [0.717, 1.165) is 46.8 Å². The number of amides is 3. The minimum atomic E-state index is -4.61. The van der Waals surface area contributed by atoms with Crippen LogP contribution < -0.4 is 5.32 Å². The van der Waals surface area contributed by atoms with E-state index in [9.17, 15) is 35.9 Å². The first kappa shape index (κ1) is 33.4. The molecule has 2 N–H and O–H groups in total. The molecule has 0 saturated heterocycles. The van der Waals surface area contributed by atoms with Crippen LogP contribution in [-0.4, -0.2) is 60.1 Å². The van der Waals surface area contributed by atoms with E-state index >= 15 is 0 Å². The summed E-state index contributed by atoms with van der Waals surface area (Å²) in [6.07, 6.45) is -6.55. The van der Waals surface area contributed by atoms with Crippen molar-refractivity contribution in [2.75, 3.05) is 38.7 Å². The zero-order valence-corrected chi connectivity index (χ0v) is 24.3. The van der Waals surface area contributed by atoms with Crippen molar-refractivity contribution in [1.29, 1.82) is 0 Å². The highest BCUT2D eigenvalue weighted by molar-refractivity contribution is 5.92. The molecule has 3 amide bonds. The number of H-pyrrole nitrogens is 1. The summed E-state index contributed by atoms with van der Waals surface area (Å²) in [5.74, 6) is -0.494. The second-order valence-electron chi connectivity index (χ2n) is 10.4. The van der Waals surface area contributed by atoms with E-state index in [1.165, 1.54) is 35.1 Å². The summed E-state index contributed by atoms with van der Waals surface area (Å²) in [6.45, 7) is 0.0463. The molecule has 0 atom stereocenters. The van der Waals surface area contributed by atoms with Gasteiger partial charge in [0.1, 0.15) is 6.54 Å². The van der Waals surface area contributed by atoms with Gasteiger partial charge in [-0.1, -0.05) is 36.4 Å². The Hall–Kier alpha value is -4.52. The Morgan fingerprint density at radius 1 is 0.844 bits per heavy atom. The van der Waals surface area contributed by atoms with Crippen molar-refractivity contribution in [1.82, 2.24) is 14.8 Å². The minimum absolute atomic E-state index is 0.0273. The van der Waals surface area contributed by atoms with Crippen LogP contribution >= 0.6 is 0 Å². The Morgan fingerprint density at radius 3 is 2.24 bits per heavy atom. The number of para-hydroxylation sites is 1. The molecule has 4 aromatic rings. The van der Waals surface area contributed by atoms with Gasteiger partial charge in [-0.25, -0.2) is 4.79 Å². The number of carbonyl (C=O) groups excluding carboxylic acids is 2. The summed E-state index contributed by atoms with van der Waals surface area (Å²) in [5, 5.41) is 3.39. The fraction of sp³-hybridized carbons (Fsp3) is 0.312. The first-order chi connectivity index (χ1) is 21.3. The number of benzene rings is 3. The molecule has 0 fully saturated rings. The number of carbonyl (C=O) groups is 2. The number of aromatic amines is 1. The molecule has 13 heteroatoms. The van der Waals surface area contributed by atoms with Gasteiger partial charge in [-0.15, -0.1) is 0 Å². The van der Waals surface area contributed by atoms with Crippen molar-refractivity contribution in [3.05, 3.63) is 101 Å².